The number of nitrogens with two attached hydrogens (primary N) is 1. The fourth-order valence-corrected chi connectivity index (χ4v) is 2.84. The number of pyridine rings is 1. The molecule has 0 aliphatic carbocycles. The Morgan fingerprint density at radius 2 is 2.16 bits per heavy atom. The van der Waals surface area contributed by atoms with E-state index in [-0.39, 0.29) is 5.84 Å². The van der Waals surface area contributed by atoms with Crippen molar-refractivity contribution in [1.29, 1.82) is 0 Å². The molecule has 0 atom stereocenters. The first kappa shape index (κ1) is 13.7. The monoisotopic (exact) mass is 293 g/mol. The normalized spacial score (nSPS) is 11.5. The predicted octanol–water partition coefficient (Wildman–Crippen LogP) is 3.12. The molecule has 0 saturated carbocycles. The maximum absolute atomic E-state index is 8.75. The highest BCUT2D eigenvalue weighted by Gasteiger charge is 2.08. The van der Waals surface area contributed by atoms with Gasteiger partial charge in [-0.15, -0.1) is 11.8 Å². The van der Waals surface area contributed by atoms with Crippen LogP contribution in [0.15, 0.2) is 52.8 Å². The van der Waals surface area contributed by atoms with Gasteiger partial charge in [-0.1, -0.05) is 35.0 Å². The highest BCUT2D eigenvalue weighted by Crippen LogP contribution is 2.28. The minimum absolute atomic E-state index is 0.0732. The largest absolute Gasteiger partial charge is 0.409 e. The molecule has 0 bridgehead atoms. The molecule has 0 radical (unpaired) electrons. The number of hydrogen-bond acceptors (Lipinski definition) is 4. The average Bonchev–Trinajstić information content (AvgIpc) is 2.46. The Bertz CT molecular complexity index is 604. The number of oxime groups is 1. The van der Waals surface area contributed by atoms with Crippen LogP contribution >= 0.6 is 23.4 Å². The molecular weight excluding hydrogens is 282 g/mol. The van der Waals surface area contributed by atoms with E-state index in [1.165, 1.54) is 11.8 Å². The predicted molar refractivity (Wildman–Crippen MR) is 77.8 cm³/mol. The number of aromatic nitrogens is 1. The van der Waals surface area contributed by atoms with E-state index in [2.05, 4.69) is 10.1 Å². The molecule has 19 heavy (non-hydrogen) atoms. The van der Waals surface area contributed by atoms with Crippen LogP contribution in [0.25, 0.3) is 0 Å². The number of thioether (sulfide) groups is 1. The summed E-state index contributed by atoms with van der Waals surface area (Å²) >= 11 is 7.64. The Kier molecular flexibility index (Phi) is 4.65. The van der Waals surface area contributed by atoms with E-state index in [0.717, 1.165) is 15.5 Å². The fourth-order valence-electron chi connectivity index (χ4n) is 1.53. The highest BCUT2D eigenvalue weighted by molar-refractivity contribution is 7.98. The lowest BCUT2D eigenvalue weighted by Gasteiger charge is -2.08. The van der Waals surface area contributed by atoms with Crippen LogP contribution in [-0.2, 0) is 5.75 Å². The molecule has 0 unspecified atom stereocenters. The molecule has 4 nitrogen and oxygen atoms in total. The first-order valence-corrected chi connectivity index (χ1v) is 6.87. The molecular formula is C13H12ClN3OS. The number of rotatable bonds is 4. The maximum Gasteiger partial charge on any atom is 0.171 e. The summed E-state index contributed by atoms with van der Waals surface area (Å²) in [6.45, 7) is 0. The molecule has 0 aliphatic heterocycles. The van der Waals surface area contributed by atoms with Crippen LogP contribution in [0.2, 0.25) is 5.02 Å². The molecule has 0 aliphatic rings. The topological polar surface area (TPSA) is 71.5 Å². The molecule has 1 heterocycles. The van der Waals surface area contributed by atoms with Crippen LogP contribution < -0.4 is 5.73 Å². The minimum Gasteiger partial charge on any atom is -0.409 e. The fraction of sp³-hybridized carbons (Fsp3) is 0.0769. The smallest absolute Gasteiger partial charge is 0.171 e. The Morgan fingerprint density at radius 3 is 2.89 bits per heavy atom. The summed E-state index contributed by atoms with van der Waals surface area (Å²) in [7, 11) is 0. The van der Waals surface area contributed by atoms with Crippen molar-refractivity contribution in [3.63, 3.8) is 0 Å². The maximum atomic E-state index is 8.75. The molecule has 2 aromatic rings. The van der Waals surface area contributed by atoms with Gasteiger partial charge >= 0.3 is 0 Å². The SMILES string of the molecule is N/C(=N/O)c1ccncc1SCc1ccccc1Cl. The lowest BCUT2D eigenvalue weighted by atomic mass is 10.2. The second-order valence-corrected chi connectivity index (χ2v) is 5.16. The molecule has 0 fully saturated rings. The summed E-state index contributed by atoms with van der Waals surface area (Å²) in [5.41, 5.74) is 7.32. The van der Waals surface area contributed by atoms with Gasteiger partial charge in [0, 0.05) is 33.6 Å². The van der Waals surface area contributed by atoms with Gasteiger partial charge in [-0.25, -0.2) is 0 Å². The van der Waals surface area contributed by atoms with Crippen molar-refractivity contribution in [2.24, 2.45) is 10.9 Å². The van der Waals surface area contributed by atoms with E-state index < -0.39 is 0 Å². The average molecular weight is 294 g/mol. The zero-order chi connectivity index (χ0) is 13.7. The van der Waals surface area contributed by atoms with Crippen molar-refractivity contribution < 1.29 is 5.21 Å². The second kappa shape index (κ2) is 6.45. The molecule has 1 aromatic carbocycles. The molecule has 3 N–H and O–H groups in total. The molecule has 0 saturated heterocycles. The molecule has 6 heteroatoms. The van der Waals surface area contributed by atoms with Crippen molar-refractivity contribution in [3.05, 3.63) is 58.9 Å². The second-order valence-electron chi connectivity index (χ2n) is 3.74. The van der Waals surface area contributed by atoms with Gasteiger partial charge in [0.1, 0.15) is 0 Å². The first-order valence-electron chi connectivity index (χ1n) is 5.50. The standard InChI is InChI=1S/C13H12ClN3OS/c14-11-4-2-1-3-9(11)8-19-12-7-16-6-5-10(12)13(15)17-18/h1-7,18H,8H2,(H2,15,17). The van der Waals surface area contributed by atoms with Gasteiger partial charge in [0.25, 0.3) is 0 Å². The number of nitrogens with zero attached hydrogens (tertiary/aromatic N) is 2. The van der Waals surface area contributed by atoms with Gasteiger partial charge in [0.05, 0.1) is 0 Å². The number of hydrogen-bond donors (Lipinski definition) is 2. The highest BCUT2D eigenvalue weighted by atomic mass is 35.5. The Hall–Kier alpha value is -1.72. The van der Waals surface area contributed by atoms with Crippen molar-refractivity contribution in [1.82, 2.24) is 4.98 Å². The molecule has 0 spiro atoms. The van der Waals surface area contributed by atoms with Crippen LogP contribution in [0.5, 0.6) is 0 Å². The van der Waals surface area contributed by atoms with Gasteiger partial charge in [-0.05, 0) is 17.7 Å². The van der Waals surface area contributed by atoms with Gasteiger partial charge in [-0.3, -0.25) is 4.98 Å². The molecule has 0 amide bonds. The first-order chi connectivity index (χ1) is 9.22. The van der Waals surface area contributed by atoms with Gasteiger partial charge in [-0.2, -0.15) is 0 Å². The van der Waals surface area contributed by atoms with E-state index in [4.69, 9.17) is 22.5 Å². The lowest BCUT2D eigenvalue weighted by molar-refractivity contribution is 0.318. The van der Waals surface area contributed by atoms with E-state index in [1.807, 2.05) is 24.3 Å². The number of amidine groups is 1. The summed E-state index contributed by atoms with van der Waals surface area (Å²) in [6, 6.07) is 9.36. The van der Waals surface area contributed by atoms with E-state index >= 15 is 0 Å². The van der Waals surface area contributed by atoms with Crippen LogP contribution in [0.1, 0.15) is 11.1 Å². The molecule has 1 aromatic heterocycles. The van der Waals surface area contributed by atoms with E-state index in [1.54, 1.807) is 18.5 Å². The van der Waals surface area contributed by atoms with Crippen LogP contribution in [0, 0.1) is 0 Å². The number of benzene rings is 1. The third-order valence-corrected chi connectivity index (χ3v) is 3.97. The van der Waals surface area contributed by atoms with E-state index in [9.17, 15) is 0 Å². The third kappa shape index (κ3) is 3.39. The van der Waals surface area contributed by atoms with Crippen molar-refractivity contribution >= 4 is 29.2 Å². The zero-order valence-electron chi connectivity index (χ0n) is 9.95. The number of halogens is 1. The summed E-state index contributed by atoms with van der Waals surface area (Å²) in [6.07, 6.45) is 3.29. The molecule has 98 valence electrons. The van der Waals surface area contributed by atoms with Gasteiger partial charge in [0.2, 0.25) is 0 Å². The Morgan fingerprint density at radius 1 is 1.37 bits per heavy atom. The van der Waals surface area contributed by atoms with E-state index in [0.29, 0.717) is 11.3 Å². The molecule has 2 rings (SSSR count). The Balaban J connectivity index is 2.19. The Labute approximate surface area is 120 Å². The van der Waals surface area contributed by atoms with Crippen molar-refractivity contribution in [3.8, 4) is 0 Å². The van der Waals surface area contributed by atoms with Gasteiger partial charge in [0.15, 0.2) is 5.84 Å². The van der Waals surface area contributed by atoms with Crippen LogP contribution in [-0.4, -0.2) is 16.0 Å². The summed E-state index contributed by atoms with van der Waals surface area (Å²) < 4.78 is 0. The van der Waals surface area contributed by atoms with Gasteiger partial charge < -0.3 is 10.9 Å². The van der Waals surface area contributed by atoms with Crippen molar-refractivity contribution in [2.75, 3.05) is 0 Å². The van der Waals surface area contributed by atoms with Crippen LogP contribution in [0.4, 0.5) is 0 Å². The summed E-state index contributed by atoms with van der Waals surface area (Å²) in [5, 5.41) is 12.5. The zero-order valence-corrected chi connectivity index (χ0v) is 11.5. The minimum atomic E-state index is 0.0732. The summed E-state index contributed by atoms with van der Waals surface area (Å²) in [4.78, 5) is 4.90. The third-order valence-electron chi connectivity index (χ3n) is 2.51. The lowest BCUT2D eigenvalue weighted by Crippen LogP contribution is -2.14. The summed E-state index contributed by atoms with van der Waals surface area (Å²) in [5.74, 6) is 0.765. The quantitative estimate of drug-likeness (QED) is 0.299. The van der Waals surface area contributed by atoms with Crippen LogP contribution in [0.3, 0.4) is 0 Å². The van der Waals surface area contributed by atoms with Crippen molar-refractivity contribution in [2.45, 2.75) is 10.6 Å².